The summed E-state index contributed by atoms with van der Waals surface area (Å²) in [6.07, 6.45) is 2.51. The van der Waals surface area contributed by atoms with E-state index in [4.69, 9.17) is 4.74 Å². The van der Waals surface area contributed by atoms with Crippen molar-refractivity contribution >= 4 is 11.7 Å². The molecule has 1 aromatic rings. The van der Waals surface area contributed by atoms with Gasteiger partial charge in [0.25, 0.3) is 0 Å². The summed E-state index contributed by atoms with van der Waals surface area (Å²) in [7, 11) is 0. The molecule has 2 heterocycles. The first-order valence-electron chi connectivity index (χ1n) is 9.14. The minimum Gasteiger partial charge on any atom is -0.373 e. The predicted octanol–water partition coefficient (Wildman–Crippen LogP) is 3.24. The number of hydrogen-bond donors (Lipinski definition) is 1. The SMILES string of the molecule is Cc1cc(F)ccc1NC(=O)N1CCC[C@@H]1CN1C[C@@H](C)O[C@@H](C)C1. The Morgan fingerprint density at radius 2 is 2.04 bits per heavy atom. The summed E-state index contributed by atoms with van der Waals surface area (Å²) in [6.45, 7) is 9.47. The van der Waals surface area contributed by atoms with Crippen molar-refractivity contribution < 1.29 is 13.9 Å². The summed E-state index contributed by atoms with van der Waals surface area (Å²) in [5.41, 5.74) is 1.41. The third-order valence-corrected chi connectivity index (χ3v) is 5.03. The summed E-state index contributed by atoms with van der Waals surface area (Å²) in [5, 5.41) is 2.94. The van der Waals surface area contributed by atoms with Crippen LogP contribution in [0.3, 0.4) is 0 Å². The standard InChI is InChI=1S/C19H28FN3O2/c1-13-9-16(20)6-7-18(13)21-19(24)23-8-4-5-17(23)12-22-10-14(2)25-15(3)11-22/h6-7,9,14-15,17H,4-5,8,10-12H2,1-3H3,(H,21,24)/t14-,15+,17-/m1/s1. The van der Waals surface area contributed by atoms with E-state index in [2.05, 4.69) is 24.1 Å². The van der Waals surface area contributed by atoms with Gasteiger partial charge in [0.1, 0.15) is 5.82 Å². The molecule has 0 radical (unpaired) electrons. The number of carbonyl (C=O) groups excluding carboxylic acids is 1. The molecule has 3 atom stereocenters. The minimum absolute atomic E-state index is 0.0911. The number of rotatable bonds is 3. The van der Waals surface area contributed by atoms with Crippen molar-refractivity contribution in [2.45, 2.75) is 51.9 Å². The summed E-state index contributed by atoms with van der Waals surface area (Å²) in [5.74, 6) is -0.287. The van der Waals surface area contributed by atoms with Crippen molar-refractivity contribution in [3.05, 3.63) is 29.6 Å². The van der Waals surface area contributed by atoms with E-state index in [1.807, 2.05) is 4.90 Å². The number of likely N-dealkylation sites (tertiary alicyclic amines) is 1. The van der Waals surface area contributed by atoms with Gasteiger partial charge in [0.05, 0.1) is 12.2 Å². The number of nitrogens with zero attached hydrogens (tertiary/aromatic N) is 2. The Morgan fingerprint density at radius 3 is 2.72 bits per heavy atom. The van der Waals surface area contributed by atoms with Gasteiger partial charge in [0, 0.05) is 37.9 Å². The van der Waals surface area contributed by atoms with Gasteiger partial charge < -0.3 is 15.0 Å². The van der Waals surface area contributed by atoms with Crippen LogP contribution in [0.4, 0.5) is 14.9 Å². The largest absolute Gasteiger partial charge is 0.373 e. The highest BCUT2D eigenvalue weighted by atomic mass is 19.1. The zero-order valence-electron chi connectivity index (χ0n) is 15.3. The Balaban J connectivity index is 1.61. The Labute approximate surface area is 149 Å². The molecular weight excluding hydrogens is 321 g/mol. The molecule has 0 saturated carbocycles. The number of benzene rings is 1. The predicted molar refractivity (Wildman–Crippen MR) is 96.3 cm³/mol. The lowest BCUT2D eigenvalue weighted by Gasteiger charge is -2.38. The lowest BCUT2D eigenvalue weighted by molar-refractivity contribution is -0.0712. The third kappa shape index (κ3) is 4.50. The molecule has 0 aromatic heterocycles. The van der Waals surface area contributed by atoms with Gasteiger partial charge in [-0.25, -0.2) is 9.18 Å². The molecule has 2 fully saturated rings. The molecule has 2 aliphatic heterocycles. The normalized spacial score (nSPS) is 27.5. The second-order valence-electron chi connectivity index (χ2n) is 7.35. The molecule has 6 heteroatoms. The Kier molecular flexibility index (Phi) is 5.59. The average Bonchev–Trinajstić information content (AvgIpc) is 2.97. The van der Waals surface area contributed by atoms with Crippen LogP contribution in [0.1, 0.15) is 32.3 Å². The maximum absolute atomic E-state index is 13.2. The Morgan fingerprint density at radius 1 is 1.32 bits per heavy atom. The van der Waals surface area contributed by atoms with Crippen LogP contribution in [-0.2, 0) is 4.74 Å². The summed E-state index contributed by atoms with van der Waals surface area (Å²) < 4.78 is 19.0. The van der Waals surface area contributed by atoms with Crippen molar-refractivity contribution in [3.8, 4) is 0 Å². The lowest BCUT2D eigenvalue weighted by Crippen LogP contribution is -2.51. The number of urea groups is 1. The maximum atomic E-state index is 13.2. The molecule has 2 saturated heterocycles. The molecule has 0 spiro atoms. The summed E-state index contributed by atoms with van der Waals surface area (Å²) in [4.78, 5) is 17.0. The van der Waals surface area contributed by atoms with Crippen molar-refractivity contribution in [2.75, 3.05) is 31.5 Å². The molecule has 0 aliphatic carbocycles. The van der Waals surface area contributed by atoms with Gasteiger partial charge in [-0.1, -0.05) is 0 Å². The zero-order valence-corrected chi connectivity index (χ0v) is 15.3. The number of ether oxygens (including phenoxy) is 1. The molecular formula is C19H28FN3O2. The molecule has 2 aliphatic rings. The summed E-state index contributed by atoms with van der Waals surface area (Å²) in [6, 6.07) is 4.57. The van der Waals surface area contributed by atoms with Crippen molar-refractivity contribution in [1.29, 1.82) is 0 Å². The van der Waals surface area contributed by atoms with Gasteiger partial charge in [-0.3, -0.25) is 4.90 Å². The quantitative estimate of drug-likeness (QED) is 0.911. The van der Waals surface area contributed by atoms with Crippen LogP contribution in [0, 0.1) is 12.7 Å². The average molecular weight is 349 g/mol. The van der Waals surface area contributed by atoms with E-state index in [1.54, 1.807) is 13.0 Å². The fourth-order valence-electron chi connectivity index (χ4n) is 3.98. The van der Waals surface area contributed by atoms with E-state index in [-0.39, 0.29) is 30.1 Å². The van der Waals surface area contributed by atoms with Gasteiger partial charge in [-0.2, -0.15) is 0 Å². The van der Waals surface area contributed by atoms with Crippen LogP contribution in [-0.4, -0.2) is 60.3 Å². The first kappa shape index (κ1) is 18.1. The van der Waals surface area contributed by atoms with Crippen LogP contribution in [0.2, 0.25) is 0 Å². The number of anilines is 1. The van der Waals surface area contributed by atoms with Crippen LogP contribution >= 0.6 is 0 Å². The van der Waals surface area contributed by atoms with Crippen molar-refractivity contribution in [1.82, 2.24) is 9.80 Å². The molecule has 25 heavy (non-hydrogen) atoms. The third-order valence-electron chi connectivity index (χ3n) is 5.03. The molecule has 1 aromatic carbocycles. The first-order valence-corrected chi connectivity index (χ1v) is 9.14. The van der Waals surface area contributed by atoms with Gasteiger partial charge in [-0.15, -0.1) is 0 Å². The Bertz CT molecular complexity index is 615. The number of amides is 2. The number of carbonyl (C=O) groups is 1. The van der Waals surface area contributed by atoms with E-state index in [0.717, 1.165) is 44.6 Å². The molecule has 0 unspecified atom stereocenters. The highest BCUT2D eigenvalue weighted by Crippen LogP contribution is 2.23. The zero-order chi connectivity index (χ0) is 18.0. The maximum Gasteiger partial charge on any atom is 0.322 e. The lowest BCUT2D eigenvalue weighted by atomic mass is 10.1. The van der Waals surface area contributed by atoms with E-state index >= 15 is 0 Å². The number of halogens is 1. The highest BCUT2D eigenvalue weighted by Gasteiger charge is 2.32. The number of morpholine rings is 1. The van der Waals surface area contributed by atoms with E-state index < -0.39 is 0 Å². The van der Waals surface area contributed by atoms with Gasteiger partial charge in [0.2, 0.25) is 0 Å². The monoisotopic (exact) mass is 349 g/mol. The number of nitrogens with one attached hydrogen (secondary N) is 1. The minimum atomic E-state index is -0.287. The smallest absolute Gasteiger partial charge is 0.322 e. The van der Waals surface area contributed by atoms with Crippen LogP contribution in [0.5, 0.6) is 0 Å². The number of aryl methyl sites for hydroxylation is 1. The van der Waals surface area contributed by atoms with Gasteiger partial charge in [0.15, 0.2) is 0 Å². The van der Waals surface area contributed by atoms with Crippen LogP contribution in [0.15, 0.2) is 18.2 Å². The molecule has 1 N–H and O–H groups in total. The van der Waals surface area contributed by atoms with Crippen molar-refractivity contribution in [2.24, 2.45) is 0 Å². The second kappa shape index (κ2) is 7.70. The second-order valence-corrected chi connectivity index (χ2v) is 7.35. The summed E-state index contributed by atoms with van der Waals surface area (Å²) >= 11 is 0. The topological polar surface area (TPSA) is 44.8 Å². The van der Waals surface area contributed by atoms with Gasteiger partial charge in [-0.05, 0) is 57.4 Å². The number of hydrogen-bond acceptors (Lipinski definition) is 3. The molecule has 138 valence electrons. The van der Waals surface area contributed by atoms with E-state index in [0.29, 0.717) is 5.69 Å². The fourth-order valence-corrected chi connectivity index (χ4v) is 3.98. The van der Waals surface area contributed by atoms with Crippen LogP contribution < -0.4 is 5.32 Å². The fraction of sp³-hybridized carbons (Fsp3) is 0.632. The molecule has 3 rings (SSSR count). The Hall–Kier alpha value is -1.66. The molecule has 0 bridgehead atoms. The van der Waals surface area contributed by atoms with E-state index in [1.165, 1.54) is 12.1 Å². The molecule has 2 amide bonds. The van der Waals surface area contributed by atoms with Crippen molar-refractivity contribution in [3.63, 3.8) is 0 Å². The molecule has 5 nitrogen and oxygen atoms in total. The first-order chi connectivity index (χ1) is 11.9. The van der Waals surface area contributed by atoms with Crippen LogP contribution in [0.25, 0.3) is 0 Å². The van der Waals surface area contributed by atoms with Gasteiger partial charge >= 0.3 is 6.03 Å². The van der Waals surface area contributed by atoms with E-state index in [9.17, 15) is 9.18 Å². The highest BCUT2D eigenvalue weighted by molar-refractivity contribution is 5.90.